The Morgan fingerprint density at radius 1 is 1.20 bits per heavy atom. The maximum Gasteiger partial charge on any atom is 0.278 e. The Kier molecular flexibility index (Phi) is 3.27. The molecule has 3 aliphatic rings. The largest absolute Gasteiger partial charge is 0.337 e. The summed E-state index contributed by atoms with van der Waals surface area (Å²) in [5, 5.41) is 4.57. The molecule has 0 aromatic carbocycles. The fourth-order valence-electron chi connectivity index (χ4n) is 2.95. The first-order chi connectivity index (χ1) is 9.49. The number of sulfone groups is 1. The summed E-state index contributed by atoms with van der Waals surface area (Å²) >= 11 is 0. The third kappa shape index (κ3) is 2.21. The summed E-state index contributed by atoms with van der Waals surface area (Å²) in [7, 11) is -3.22. The molecular weight excluding hydrogens is 282 g/mol. The van der Waals surface area contributed by atoms with E-state index in [4.69, 9.17) is 0 Å². The van der Waals surface area contributed by atoms with E-state index in [0.29, 0.717) is 25.9 Å². The molecule has 110 valence electrons. The maximum absolute atomic E-state index is 12.2. The summed E-state index contributed by atoms with van der Waals surface area (Å²) in [6, 6.07) is 0. The number of nitrogens with zero attached hydrogens (tertiary/aromatic N) is 3. The molecule has 0 saturated carbocycles. The smallest absolute Gasteiger partial charge is 0.278 e. The van der Waals surface area contributed by atoms with Gasteiger partial charge in [-0.3, -0.25) is 14.6 Å². The number of carbonyl (C=O) groups excluding carboxylic acids is 2. The average molecular weight is 299 g/mol. The van der Waals surface area contributed by atoms with Crippen molar-refractivity contribution in [2.24, 2.45) is 5.10 Å². The normalized spacial score (nSPS) is 29.1. The molecule has 0 N–H and O–H groups in total. The highest BCUT2D eigenvalue weighted by molar-refractivity contribution is 7.92. The fourth-order valence-corrected chi connectivity index (χ4v) is 4.81. The van der Waals surface area contributed by atoms with Crippen molar-refractivity contribution in [3.05, 3.63) is 0 Å². The van der Waals surface area contributed by atoms with Crippen molar-refractivity contribution in [3.8, 4) is 0 Å². The van der Waals surface area contributed by atoms with Crippen LogP contribution in [0, 0.1) is 0 Å². The summed E-state index contributed by atoms with van der Waals surface area (Å²) in [6.45, 7) is 1.19. The molecule has 0 radical (unpaired) electrons. The predicted octanol–water partition coefficient (Wildman–Crippen LogP) is -0.616. The molecular formula is C12H17N3O4S. The van der Waals surface area contributed by atoms with Crippen molar-refractivity contribution in [3.63, 3.8) is 0 Å². The zero-order valence-electron chi connectivity index (χ0n) is 11.1. The number of likely N-dealkylation sites (tertiary alicyclic amines) is 1. The van der Waals surface area contributed by atoms with Crippen LogP contribution in [-0.2, 0) is 19.4 Å². The van der Waals surface area contributed by atoms with Gasteiger partial charge in [0, 0.05) is 13.1 Å². The van der Waals surface area contributed by atoms with Crippen LogP contribution in [0.2, 0.25) is 0 Å². The van der Waals surface area contributed by atoms with Crippen molar-refractivity contribution in [1.29, 1.82) is 0 Å². The Morgan fingerprint density at radius 3 is 2.50 bits per heavy atom. The number of hydrazone groups is 1. The van der Waals surface area contributed by atoms with E-state index in [1.54, 1.807) is 4.90 Å². The average Bonchev–Trinajstić information content (AvgIpc) is 3.07. The molecule has 1 unspecified atom stereocenters. The van der Waals surface area contributed by atoms with Gasteiger partial charge in [-0.15, -0.1) is 0 Å². The molecule has 0 aliphatic carbocycles. The van der Waals surface area contributed by atoms with Gasteiger partial charge in [-0.1, -0.05) is 0 Å². The Hall–Kier alpha value is -1.44. The second kappa shape index (κ2) is 4.83. The Balaban J connectivity index is 1.80. The molecule has 0 spiro atoms. The van der Waals surface area contributed by atoms with Gasteiger partial charge in [0.25, 0.3) is 5.91 Å². The van der Waals surface area contributed by atoms with Gasteiger partial charge in [-0.2, -0.15) is 5.10 Å². The minimum atomic E-state index is -3.22. The molecule has 1 atom stereocenters. The van der Waals surface area contributed by atoms with E-state index in [1.807, 2.05) is 0 Å². The molecule has 2 saturated heterocycles. The number of hydrogen-bond acceptors (Lipinski definition) is 6. The Labute approximate surface area is 117 Å². The van der Waals surface area contributed by atoms with E-state index < -0.39 is 15.2 Å². The van der Waals surface area contributed by atoms with E-state index in [9.17, 15) is 18.0 Å². The zero-order chi connectivity index (χ0) is 14.3. The molecule has 1 amide bonds. The molecule has 7 nitrogen and oxygen atoms in total. The van der Waals surface area contributed by atoms with E-state index in [-0.39, 0.29) is 29.7 Å². The zero-order valence-corrected chi connectivity index (χ0v) is 11.9. The van der Waals surface area contributed by atoms with E-state index in [0.717, 1.165) is 12.8 Å². The Morgan fingerprint density at radius 2 is 1.90 bits per heavy atom. The first-order valence-corrected chi connectivity index (χ1v) is 8.60. The number of carbonyl (C=O) groups is 2. The summed E-state index contributed by atoms with van der Waals surface area (Å²) in [6.07, 6.45) is 2.94. The van der Waals surface area contributed by atoms with Gasteiger partial charge in [0.1, 0.15) is 11.9 Å². The summed E-state index contributed by atoms with van der Waals surface area (Å²) in [5.41, 5.74) is -0.103. The predicted molar refractivity (Wildman–Crippen MR) is 71.8 cm³/mol. The molecule has 3 heterocycles. The highest BCUT2D eigenvalue weighted by Gasteiger charge is 2.42. The molecule has 3 rings (SSSR count). The minimum Gasteiger partial charge on any atom is -0.337 e. The van der Waals surface area contributed by atoms with Crippen LogP contribution >= 0.6 is 0 Å². The molecule has 0 aromatic rings. The van der Waals surface area contributed by atoms with E-state index >= 15 is 0 Å². The number of hydrogen-bond donors (Lipinski definition) is 0. The summed E-state index contributed by atoms with van der Waals surface area (Å²) < 4.78 is 23.7. The van der Waals surface area contributed by atoms with Crippen LogP contribution in [-0.4, -0.2) is 66.5 Å². The van der Waals surface area contributed by atoms with Crippen molar-refractivity contribution >= 4 is 27.2 Å². The van der Waals surface area contributed by atoms with Crippen molar-refractivity contribution in [2.75, 3.05) is 25.4 Å². The molecule has 2 fully saturated rings. The molecule has 0 bridgehead atoms. The van der Waals surface area contributed by atoms with Gasteiger partial charge in [0.2, 0.25) is 5.78 Å². The summed E-state index contributed by atoms with van der Waals surface area (Å²) in [4.78, 5) is 25.7. The second-order valence-electron chi connectivity index (χ2n) is 5.43. The van der Waals surface area contributed by atoms with Crippen molar-refractivity contribution < 1.29 is 18.0 Å². The molecule has 8 heteroatoms. The monoisotopic (exact) mass is 299 g/mol. The fraction of sp³-hybridized carbons (Fsp3) is 0.750. The topological polar surface area (TPSA) is 87.1 Å². The second-order valence-corrected chi connectivity index (χ2v) is 7.71. The third-order valence-corrected chi connectivity index (χ3v) is 6.19. The molecule has 3 aliphatic heterocycles. The first kappa shape index (κ1) is 13.5. The minimum absolute atomic E-state index is 0.0984. The highest BCUT2D eigenvalue weighted by Crippen LogP contribution is 2.26. The van der Waals surface area contributed by atoms with Crippen LogP contribution < -0.4 is 0 Å². The quantitative estimate of drug-likeness (QED) is 0.678. The number of rotatable bonds is 2. The van der Waals surface area contributed by atoms with Crippen LogP contribution in [0.5, 0.6) is 0 Å². The van der Waals surface area contributed by atoms with Gasteiger partial charge in [0.15, 0.2) is 15.5 Å². The van der Waals surface area contributed by atoms with E-state index in [1.165, 1.54) is 5.01 Å². The molecule has 0 aromatic heterocycles. The Bertz CT molecular complexity index is 578. The lowest BCUT2D eigenvalue weighted by Crippen LogP contribution is -2.37. The van der Waals surface area contributed by atoms with Crippen LogP contribution in [0.25, 0.3) is 0 Å². The third-order valence-electron chi connectivity index (χ3n) is 4.02. The number of ketones is 1. The lowest BCUT2D eigenvalue weighted by atomic mass is 10.2. The van der Waals surface area contributed by atoms with Gasteiger partial charge < -0.3 is 4.90 Å². The lowest BCUT2D eigenvalue weighted by Gasteiger charge is -2.19. The van der Waals surface area contributed by atoms with Crippen LogP contribution in [0.4, 0.5) is 0 Å². The van der Waals surface area contributed by atoms with Crippen molar-refractivity contribution in [2.45, 2.75) is 31.1 Å². The SMILES string of the molecule is O=C1CN(C2CCCS2(=O)=O)N=C1C(=O)N1CCCC1. The van der Waals surface area contributed by atoms with Crippen molar-refractivity contribution in [1.82, 2.24) is 9.91 Å². The first-order valence-electron chi connectivity index (χ1n) is 6.88. The maximum atomic E-state index is 12.2. The summed E-state index contributed by atoms with van der Waals surface area (Å²) in [5.74, 6) is -0.595. The molecule has 20 heavy (non-hydrogen) atoms. The van der Waals surface area contributed by atoms with Gasteiger partial charge in [0.05, 0.1) is 5.75 Å². The number of Topliss-reactive ketones (excluding diaryl/α,β-unsaturated/α-hetero) is 1. The lowest BCUT2D eigenvalue weighted by molar-refractivity contribution is -0.124. The van der Waals surface area contributed by atoms with Gasteiger partial charge in [-0.25, -0.2) is 8.42 Å². The van der Waals surface area contributed by atoms with E-state index in [2.05, 4.69) is 5.10 Å². The highest BCUT2D eigenvalue weighted by atomic mass is 32.2. The standard InChI is InChI=1S/C12H17N3O4S/c16-9-8-15(10-4-3-7-20(10,18)19)13-11(9)12(17)14-5-1-2-6-14/h10H,1-8H2. The van der Waals surface area contributed by atoms with Gasteiger partial charge in [-0.05, 0) is 25.7 Å². The van der Waals surface area contributed by atoms with Crippen LogP contribution in [0.15, 0.2) is 5.10 Å². The number of amides is 1. The van der Waals surface area contributed by atoms with Gasteiger partial charge >= 0.3 is 0 Å². The van der Waals surface area contributed by atoms with Crippen LogP contribution in [0.1, 0.15) is 25.7 Å². The van der Waals surface area contributed by atoms with Crippen LogP contribution in [0.3, 0.4) is 0 Å².